The molecule has 0 unspecified atom stereocenters. The summed E-state index contributed by atoms with van der Waals surface area (Å²) in [5.41, 5.74) is 10.2. The van der Waals surface area contributed by atoms with Crippen LogP contribution in [0.4, 0.5) is 15.8 Å². The van der Waals surface area contributed by atoms with Crippen LogP contribution in [0.25, 0.3) is 22.2 Å². The van der Waals surface area contributed by atoms with Crippen LogP contribution >= 0.6 is 0 Å². The molecule has 0 radical (unpaired) electrons. The van der Waals surface area contributed by atoms with Crippen molar-refractivity contribution in [2.75, 3.05) is 23.7 Å². The smallest absolute Gasteiger partial charge is 0.235 e. The van der Waals surface area contributed by atoms with Gasteiger partial charge < -0.3 is 15.0 Å². The second-order valence-corrected chi connectivity index (χ2v) is 9.23. The fourth-order valence-corrected chi connectivity index (χ4v) is 3.92. The van der Waals surface area contributed by atoms with E-state index in [9.17, 15) is 12.8 Å². The number of nitrogens with two attached hydrogens (primary N) is 1. The van der Waals surface area contributed by atoms with Crippen molar-refractivity contribution < 1.29 is 17.5 Å². The minimum absolute atomic E-state index is 0.00836. The normalized spacial score (nSPS) is 11.9. The van der Waals surface area contributed by atoms with E-state index in [0.717, 1.165) is 22.2 Å². The molecule has 0 aliphatic carbocycles. The summed E-state index contributed by atoms with van der Waals surface area (Å²) in [5.74, 6) is 0.590. The van der Waals surface area contributed by atoms with Gasteiger partial charge in [0.15, 0.2) is 0 Å². The largest absolute Gasteiger partial charge is 0.491 e. The molecule has 0 aliphatic heterocycles. The lowest BCUT2D eigenvalue weighted by molar-refractivity contribution is 0.273. The van der Waals surface area contributed by atoms with Gasteiger partial charge in [0.25, 0.3) is 0 Å². The van der Waals surface area contributed by atoms with Gasteiger partial charge >= 0.3 is 0 Å². The minimum atomic E-state index is -3.40. The second-order valence-electron chi connectivity index (χ2n) is 7.00. The summed E-state index contributed by atoms with van der Waals surface area (Å²) in [6, 6.07) is 12.6. The van der Waals surface area contributed by atoms with E-state index in [0.29, 0.717) is 23.7 Å². The van der Waals surface area contributed by atoms with Gasteiger partial charge in [0.2, 0.25) is 10.0 Å². The number of hydrogen-bond acceptors (Lipinski definition) is 4. The van der Waals surface area contributed by atoms with Crippen LogP contribution in [-0.4, -0.2) is 31.5 Å². The molecule has 0 saturated heterocycles. The monoisotopic (exact) mass is 419 g/mol. The van der Waals surface area contributed by atoms with Crippen LogP contribution in [0.3, 0.4) is 0 Å². The zero-order valence-corrected chi connectivity index (χ0v) is 17.6. The Balaban J connectivity index is 2.01. The van der Waals surface area contributed by atoms with Crippen LogP contribution in [0.2, 0.25) is 0 Å². The summed E-state index contributed by atoms with van der Waals surface area (Å²) in [5, 5.41) is 0.369. The third kappa shape index (κ3) is 4.17. The molecule has 0 amide bonds. The Kier molecular flexibility index (Phi) is 6.02. The molecule has 0 fully saturated rings. The topological polar surface area (TPSA) is 86.4 Å². The fourth-order valence-electron chi connectivity index (χ4n) is 3.22. The van der Waals surface area contributed by atoms with Crippen molar-refractivity contribution in [3.05, 3.63) is 42.5 Å². The van der Waals surface area contributed by atoms with Gasteiger partial charge in [0, 0.05) is 29.2 Å². The number of ether oxygens (including phenoxy) is 1. The highest BCUT2D eigenvalue weighted by Crippen LogP contribution is 2.38. The zero-order chi connectivity index (χ0) is 21.2. The number of benzene rings is 2. The van der Waals surface area contributed by atoms with Gasteiger partial charge in [0.05, 0.1) is 22.1 Å². The maximum absolute atomic E-state index is 12.4. The van der Waals surface area contributed by atoms with E-state index < -0.39 is 21.9 Å². The standard InChI is InChI=1S/C21H26FN3O3S/c1-4-25-19-13-17(28-12-11-22)9-10-18(19)20(23)21(25)15-5-7-16(8-6-15)24-29(26,27)14(2)3/h5-10,13-14,24H,4,11-12,23H2,1-3H3. The number of halogens is 1. The highest BCUT2D eigenvalue weighted by Gasteiger charge is 2.18. The number of rotatable bonds is 8. The molecule has 0 aliphatic rings. The van der Waals surface area contributed by atoms with Crippen molar-refractivity contribution in [2.45, 2.75) is 32.6 Å². The minimum Gasteiger partial charge on any atom is -0.491 e. The van der Waals surface area contributed by atoms with Crippen molar-refractivity contribution >= 4 is 32.3 Å². The predicted octanol–water partition coefficient (Wildman–Crippen LogP) is 4.41. The van der Waals surface area contributed by atoms with E-state index in [2.05, 4.69) is 9.29 Å². The number of aryl methyl sites for hydroxylation is 1. The first-order valence-electron chi connectivity index (χ1n) is 9.51. The summed E-state index contributed by atoms with van der Waals surface area (Å²) in [4.78, 5) is 0. The molecule has 0 atom stereocenters. The molecular weight excluding hydrogens is 393 g/mol. The van der Waals surface area contributed by atoms with Crippen molar-refractivity contribution in [3.8, 4) is 17.0 Å². The Hall–Kier alpha value is -2.74. The molecule has 1 heterocycles. The third-order valence-corrected chi connectivity index (χ3v) is 6.54. The first kappa shape index (κ1) is 21.0. The van der Waals surface area contributed by atoms with Gasteiger partial charge in [-0.1, -0.05) is 12.1 Å². The fraction of sp³-hybridized carbons (Fsp3) is 0.333. The molecule has 8 heteroatoms. The number of nitrogen functional groups attached to an aromatic ring is 1. The van der Waals surface area contributed by atoms with E-state index in [1.54, 1.807) is 32.0 Å². The predicted molar refractivity (Wildman–Crippen MR) is 117 cm³/mol. The maximum Gasteiger partial charge on any atom is 0.235 e. The number of nitrogens with one attached hydrogen (secondary N) is 1. The van der Waals surface area contributed by atoms with Crippen LogP contribution in [0.15, 0.2) is 42.5 Å². The molecule has 2 aromatic carbocycles. The van der Waals surface area contributed by atoms with E-state index in [4.69, 9.17) is 10.5 Å². The van der Waals surface area contributed by atoms with Crippen molar-refractivity contribution in [3.63, 3.8) is 0 Å². The van der Waals surface area contributed by atoms with Crippen molar-refractivity contribution in [1.82, 2.24) is 4.57 Å². The van der Waals surface area contributed by atoms with Crippen molar-refractivity contribution in [1.29, 1.82) is 0 Å². The van der Waals surface area contributed by atoms with E-state index in [-0.39, 0.29) is 6.61 Å². The Labute approximate surface area is 170 Å². The lowest BCUT2D eigenvalue weighted by atomic mass is 10.1. The Morgan fingerprint density at radius 1 is 1.17 bits per heavy atom. The van der Waals surface area contributed by atoms with Crippen LogP contribution in [0.1, 0.15) is 20.8 Å². The highest BCUT2D eigenvalue weighted by atomic mass is 32.2. The van der Waals surface area contributed by atoms with E-state index in [1.165, 1.54) is 0 Å². The molecule has 0 spiro atoms. The Bertz CT molecular complexity index is 1110. The van der Waals surface area contributed by atoms with E-state index in [1.807, 2.05) is 31.2 Å². The summed E-state index contributed by atoms with van der Waals surface area (Å²) >= 11 is 0. The molecule has 3 N–H and O–H groups in total. The molecule has 1 aromatic heterocycles. The number of hydrogen-bond donors (Lipinski definition) is 2. The zero-order valence-electron chi connectivity index (χ0n) is 16.8. The molecule has 0 bridgehead atoms. The molecular formula is C21H26FN3O3S. The second kappa shape index (κ2) is 8.32. The summed E-state index contributed by atoms with van der Waals surface area (Å²) in [6.07, 6.45) is 0. The number of fused-ring (bicyclic) bond motifs is 1. The summed E-state index contributed by atoms with van der Waals surface area (Å²) in [7, 11) is -3.40. The number of aromatic nitrogens is 1. The molecule has 6 nitrogen and oxygen atoms in total. The Morgan fingerprint density at radius 2 is 1.86 bits per heavy atom. The quantitative estimate of drug-likeness (QED) is 0.566. The first-order valence-corrected chi connectivity index (χ1v) is 11.1. The van der Waals surface area contributed by atoms with Crippen molar-refractivity contribution in [2.24, 2.45) is 0 Å². The molecule has 29 heavy (non-hydrogen) atoms. The maximum atomic E-state index is 12.4. The SMILES string of the molecule is CCn1c(-c2ccc(NS(=O)(=O)C(C)C)cc2)c(N)c2ccc(OCCF)cc21. The first-order chi connectivity index (χ1) is 13.8. The molecule has 156 valence electrons. The number of alkyl halides is 1. The Morgan fingerprint density at radius 3 is 2.45 bits per heavy atom. The number of nitrogens with zero attached hydrogens (tertiary/aromatic N) is 1. The van der Waals surface area contributed by atoms with Crippen LogP contribution in [0, 0.1) is 0 Å². The molecule has 0 saturated carbocycles. The lowest BCUT2D eigenvalue weighted by Gasteiger charge is -2.13. The van der Waals surface area contributed by atoms with Gasteiger partial charge in [-0.05, 0) is 45.0 Å². The van der Waals surface area contributed by atoms with E-state index >= 15 is 0 Å². The summed E-state index contributed by atoms with van der Waals surface area (Å²) < 4.78 is 46.6. The van der Waals surface area contributed by atoms with Crippen LogP contribution < -0.4 is 15.2 Å². The van der Waals surface area contributed by atoms with Crippen LogP contribution in [0.5, 0.6) is 5.75 Å². The summed E-state index contributed by atoms with van der Waals surface area (Å²) in [6.45, 7) is 5.41. The lowest BCUT2D eigenvalue weighted by Crippen LogP contribution is -2.22. The molecule has 3 rings (SSSR count). The van der Waals surface area contributed by atoms with Gasteiger partial charge in [-0.25, -0.2) is 12.8 Å². The third-order valence-electron chi connectivity index (χ3n) is 4.78. The van der Waals surface area contributed by atoms with Crippen LogP contribution in [-0.2, 0) is 16.6 Å². The van der Waals surface area contributed by atoms with Gasteiger partial charge in [-0.15, -0.1) is 0 Å². The number of sulfonamides is 1. The highest BCUT2D eigenvalue weighted by molar-refractivity contribution is 7.93. The van der Waals surface area contributed by atoms with Gasteiger partial charge in [0.1, 0.15) is 19.0 Å². The molecule has 3 aromatic rings. The van der Waals surface area contributed by atoms with Gasteiger partial charge in [-0.2, -0.15) is 0 Å². The average Bonchev–Trinajstić information content (AvgIpc) is 2.98. The average molecular weight is 420 g/mol. The number of anilines is 2. The van der Waals surface area contributed by atoms with Gasteiger partial charge in [-0.3, -0.25) is 4.72 Å².